The standard InChI is InChI=1S/C20H29BrN4O2/c1-25(2)18(26)13-23-19(22-12-17-7-4-10-27-17)24-14-20(8-9-20)15-5-3-6-16(21)11-15/h3,5-6,11,17H,4,7-10,12-14H2,1-2H3,(H2,22,23,24). The van der Waals surface area contributed by atoms with Crippen LogP contribution in [0, 0.1) is 0 Å². The molecule has 27 heavy (non-hydrogen) atoms. The monoisotopic (exact) mass is 436 g/mol. The van der Waals surface area contributed by atoms with Crippen LogP contribution in [0.15, 0.2) is 33.7 Å². The Kier molecular flexibility index (Phi) is 6.76. The van der Waals surface area contributed by atoms with Gasteiger partial charge in [0.15, 0.2) is 5.96 Å². The Morgan fingerprint density at radius 2 is 2.19 bits per heavy atom. The van der Waals surface area contributed by atoms with E-state index in [1.165, 1.54) is 5.56 Å². The maximum absolute atomic E-state index is 11.9. The molecule has 7 heteroatoms. The van der Waals surface area contributed by atoms with Gasteiger partial charge < -0.3 is 20.3 Å². The van der Waals surface area contributed by atoms with Gasteiger partial charge in [0, 0.05) is 43.7 Å². The topological polar surface area (TPSA) is 66.0 Å². The number of halogens is 1. The molecule has 1 amide bonds. The molecule has 6 nitrogen and oxygen atoms in total. The second-order valence-electron chi connectivity index (χ2n) is 7.61. The number of hydrogen-bond donors (Lipinski definition) is 2. The number of carbonyl (C=O) groups is 1. The number of nitrogens with one attached hydrogen (secondary N) is 2. The van der Waals surface area contributed by atoms with Gasteiger partial charge in [-0.2, -0.15) is 0 Å². The maximum atomic E-state index is 11.9. The van der Waals surface area contributed by atoms with Crippen LogP contribution >= 0.6 is 15.9 Å². The third-order valence-corrected chi connectivity index (χ3v) is 5.77. The summed E-state index contributed by atoms with van der Waals surface area (Å²) in [5, 5.41) is 6.81. The van der Waals surface area contributed by atoms with Gasteiger partial charge in [-0.1, -0.05) is 28.1 Å². The summed E-state index contributed by atoms with van der Waals surface area (Å²) in [6.07, 6.45) is 4.72. The van der Waals surface area contributed by atoms with Gasteiger partial charge in [0.05, 0.1) is 6.10 Å². The highest BCUT2D eigenvalue weighted by Gasteiger charge is 2.44. The van der Waals surface area contributed by atoms with Gasteiger partial charge in [-0.25, -0.2) is 4.99 Å². The number of ether oxygens (including phenoxy) is 1. The van der Waals surface area contributed by atoms with Crippen LogP contribution in [0.2, 0.25) is 0 Å². The fourth-order valence-electron chi connectivity index (χ4n) is 3.27. The average molecular weight is 437 g/mol. The molecule has 1 saturated carbocycles. The molecule has 1 saturated heterocycles. The average Bonchev–Trinajstić information content (AvgIpc) is 3.26. The summed E-state index contributed by atoms with van der Waals surface area (Å²) in [4.78, 5) is 18.0. The lowest BCUT2D eigenvalue weighted by Gasteiger charge is -2.21. The van der Waals surface area contributed by atoms with Crippen molar-refractivity contribution in [2.24, 2.45) is 4.99 Å². The summed E-state index contributed by atoms with van der Waals surface area (Å²) in [5.41, 5.74) is 1.49. The van der Waals surface area contributed by atoms with Crippen molar-refractivity contribution in [1.29, 1.82) is 0 Å². The predicted molar refractivity (Wildman–Crippen MR) is 111 cm³/mol. The Balaban J connectivity index is 1.61. The molecule has 1 aromatic rings. The van der Waals surface area contributed by atoms with E-state index in [1.807, 2.05) is 0 Å². The first-order valence-electron chi connectivity index (χ1n) is 9.58. The Morgan fingerprint density at radius 3 is 2.81 bits per heavy atom. The van der Waals surface area contributed by atoms with Crippen LogP contribution in [0.3, 0.4) is 0 Å². The van der Waals surface area contributed by atoms with Crippen molar-refractivity contribution in [3.63, 3.8) is 0 Å². The highest BCUT2D eigenvalue weighted by Crippen LogP contribution is 2.48. The van der Waals surface area contributed by atoms with E-state index in [2.05, 4.69) is 55.8 Å². The molecular weight excluding hydrogens is 408 g/mol. The molecule has 1 aliphatic heterocycles. The first-order valence-corrected chi connectivity index (χ1v) is 10.4. The molecule has 2 N–H and O–H groups in total. The summed E-state index contributed by atoms with van der Waals surface area (Å²) in [6, 6.07) is 8.52. The Hall–Kier alpha value is -1.60. The number of guanidine groups is 1. The van der Waals surface area contributed by atoms with Crippen molar-refractivity contribution >= 4 is 27.8 Å². The van der Waals surface area contributed by atoms with Crippen molar-refractivity contribution in [3.05, 3.63) is 34.3 Å². The number of benzene rings is 1. The fourth-order valence-corrected chi connectivity index (χ4v) is 3.67. The van der Waals surface area contributed by atoms with E-state index >= 15 is 0 Å². The lowest BCUT2D eigenvalue weighted by atomic mass is 9.96. The SMILES string of the molecule is CN(C)C(=O)CN=C(NCC1CCCO1)NCC1(c2cccc(Br)c2)CC1. The minimum Gasteiger partial charge on any atom is -0.376 e. The van der Waals surface area contributed by atoms with Crippen molar-refractivity contribution < 1.29 is 9.53 Å². The first-order chi connectivity index (χ1) is 13.0. The van der Waals surface area contributed by atoms with E-state index in [9.17, 15) is 4.79 Å². The highest BCUT2D eigenvalue weighted by atomic mass is 79.9. The van der Waals surface area contributed by atoms with E-state index in [0.29, 0.717) is 12.5 Å². The second-order valence-corrected chi connectivity index (χ2v) is 8.53. The molecule has 1 unspecified atom stereocenters. The van der Waals surface area contributed by atoms with Gasteiger partial charge in [0.25, 0.3) is 0 Å². The lowest BCUT2D eigenvalue weighted by Crippen LogP contribution is -2.44. The highest BCUT2D eigenvalue weighted by molar-refractivity contribution is 9.10. The van der Waals surface area contributed by atoms with E-state index < -0.39 is 0 Å². The molecule has 2 aliphatic rings. The summed E-state index contributed by atoms with van der Waals surface area (Å²) in [6.45, 7) is 2.48. The molecule has 1 aliphatic carbocycles. The smallest absolute Gasteiger partial charge is 0.243 e. The molecule has 2 fully saturated rings. The van der Waals surface area contributed by atoms with Crippen LogP contribution in [0.25, 0.3) is 0 Å². The molecule has 0 radical (unpaired) electrons. The van der Waals surface area contributed by atoms with Crippen LogP contribution < -0.4 is 10.6 Å². The molecule has 1 atom stereocenters. The quantitative estimate of drug-likeness (QED) is 0.508. The van der Waals surface area contributed by atoms with Gasteiger partial charge in [-0.05, 0) is 43.4 Å². The van der Waals surface area contributed by atoms with Crippen LogP contribution in [-0.4, -0.2) is 63.2 Å². The van der Waals surface area contributed by atoms with E-state index in [4.69, 9.17) is 4.74 Å². The zero-order valence-corrected chi connectivity index (χ0v) is 17.7. The van der Waals surface area contributed by atoms with Gasteiger partial charge in [0.2, 0.25) is 5.91 Å². The Labute approximate surface area is 169 Å². The van der Waals surface area contributed by atoms with Crippen molar-refractivity contribution in [1.82, 2.24) is 15.5 Å². The first kappa shape index (κ1) is 20.1. The van der Waals surface area contributed by atoms with Crippen molar-refractivity contribution in [2.45, 2.75) is 37.2 Å². The number of likely N-dealkylation sites (N-methyl/N-ethyl adjacent to an activating group) is 1. The van der Waals surface area contributed by atoms with E-state index in [0.717, 1.165) is 43.3 Å². The predicted octanol–water partition coefficient (Wildman–Crippen LogP) is 2.28. The van der Waals surface area contributed by atoms with Crippen LogP contribution in [0.5, 0.6) is 0 Å². The third-order valence-electron chi connectivity index (χ3n) is 5.28. The second kappa shape index (κ2) is 9.06. The van der Waals surface area contributed by atoms with E-state index in [-0.39, 0.29) is 24.0 Å². The number of amides is 1. The zero-order valence-electron chi connectivity index (χ0n) is 16.1. The molecule has 3 rings (SSSR count). The lowest BCUT2D eigenvalue weighted by molar-refractivity contribution is -0.127. The molecule has 1 heterocycles. The summed E-state index contributed by atoms with van der Waals surface area (Å²) in [5.74, 6) is 0.670. The zero-order chi connectivity index (χ0) is 19.3. The molecular formula is C20H29BrN4O2. The van der Waals surface area contributed by atoms with Gasteiger partial charge >= 0.3 is 0 Å². The van der Waals surface area contributed by atoms with Gasteiger partial charge in [-0.15, -0.1) is 0 Å². The van der Waals surface area contributed by atoms with Crippen LogP contribution in [0.4, 0.5) is 0 Å². The van der Waals surface area contributed by atoms with E-state index in [1.54, 1.807) is 19.0 Å². The summed E-state index contributed by atoms with van der Waals surface area (Å²) >= 11 is 3.57. The third kappa shape index (κ3) is 5.69. The van der Waals surface area contributed by atoms with Gasteiger partial charge in [-0.3, -0.25) is 4.79 Å². The molecule has 0 spiro atoms. The number of rotatable bonds is 7. The largest absolute Gasteiger partial charge is 0.376 e. The minimum atomic E-state index is -0.0126. The molecule has 1 aromatic carbocycles. The fraction of sp³-hybridized carbons (Fsp3) is 0.600. The molecule has 0 aromatic heterocycles. The number of carbonyl (C=O) groups excluding carboxylic acids is 1. The minimum absolute atomic E-state index is 0.0126. The van der Waals surface area contributed by atoms with Gasteiger partial charge in [0.1, 0.15) is 6.54 Å². The number of aliphatic imine (C=N–C) groups is 1. The Morgan fingerprint density at radius 1 is 1.37 bits per heavy atom. The summed E-state index contributed by atoms with van der Waals surface area (Å²) in [7, 11) is 3.49. The van der Waals surface area contributed by atoms with Crippen molar-refractivity contribution in [3.8, 4) is 0 Å². The Bertz CT molecular complexity index is 682. The van der Waals surface area contributed by atoms with Crippen LogP contribution in [0.1, 0.15) is 31.2 Å². The molecule has 148 valence electrons. The molecule has 0 bridgehead atoms. The normalized spacial score (nSPS) is 21.0. The maximum Gasteiger partial charge on any atom is 0.243 e. The number of hydrogen-bond acceptors (Lipinski definition) is 3. The van der Waals surface area contributed by atoms with Crippen LogP contribution in [-0.2, 0) is 14.9 Å². The summed E-state index contributed by atoms with van der Waals surface area (Å²) < 4.78 is 6.79. The number of nitrogens with zero attached hydrogens (tertiary/aromatic N) is 2. The van der Waals surface area contributed by atoms with Crippen molar-refractivity contribution in [2.75, 3.05) is 40.3 Å².